The zero-order chi connectivity index (χ0) is 16.7. The standard InChI is InChI=1S/C19H24N4O/c1-2-22-12-11-14(13-7-4-6-10-17(13)22)19(24)23-18(20)15-8-3-5-9-16(15)21-23/h4,6-7,10,14H,2-3,5,8-9,11-12,20H2,1H3. The van der Waals surface area contributed by atoms with Crippen LogP contribution in [0.25, 0.3) is 0 Å². The molecule has 1 aliphatic heterocycles. The van der Waals surface area contributed by atoms with E-state index in [4.69, 9.17) is 5.73 Å². The van der Waals surface area contributed by atoms with Crippen molar-refractivity contribution in [1.82, 2.24) is 9.78 Å². The second kappa shape index (κ2) is 5.96. The van der Waals surface area contributed by atoms with Gasteiger partial charge in [0.05, 0.1) is 11.6 Å². The van der Waals surface area contributed by atoms with Crippen molar-refractivity contribution in [3.8, 4) is 0 Å². The van der Waals surface area contributed by atoms with E-state index in [0.29, 0.717) is 5.82 Å². The van der Waals surface area contributed by atoms with E-state index in [1.165, 1.54) is 10.4 Å². The Kier molecular flexibility index (Phi) is 3.79. The number of hydrogen-bond donors (Lipinski definition) is 1. The van der Waals surface area contributed by atoms with Crippen molar-refractivity contribution in [2.45, 2.75) is 44.9 Å². The maximum atomic E-state index is 13.2. The van der Waals surface area contributed by atoms with Crippen LogP contribution in [0.1, 0.15) is 53.7 Å². The number of para-hydroxylation sites is 1. The smallest absolute Gasteiger partial charge is 0.256 e. The van der Waals surface area contributed by atoms with Crippen LogP contribution in [0, 0.1) is 0 Å². The van der Waals surface area contributed by atoms with Crippen molar-refractivity contribution in [2.24, 2.45) is 0 Å². The summed E-state index contributed by atoms with van der Waals surface area (Å²) in [6.45, 7) is 4.00. The molecule has 5 heteroatoms. The van der Waals surface area contributed by atoms with E-state index >= 15 is 0 Å². The van der Waals surface area contributed by atoms with E-state index in [2.05, 4.69) is 29.1 Å². The Morgan fingerprint density at radius 1 is 1.29 bits per heavy atom. The SMILES string of the molecule is CCN1CCC(C(=O)n2nc3c(c2N)CCCC3)c2ccccc21. The number of hydrogen-bond acceptors (Lipinski definition) is 4. The predicted molar refractivity (Wildman–Crippen MR) is 95.6 cm³/mol. The van der Waals surface area contributed by atoms with Crippen molar-refractivity contribution in [3.05, 3.63) is 41.1 Å². The summed E-state index contributed by atoms with van der Waals surface area (Å²) in [5.74, 6) is 0.419. The minimum Gasteiger partial charge on any atom is -0.383 e. The van der Waals surface area contributed by atoms with Crippen molar-refractivity contribution >= 4 is 17.4 Å². The molecule has 4 rings (SSSR count). The molecule has 1 atom stereocenters. The number of nitrogen functional groups attached to an aromatic ring is 1. The fourth-order valence-corrected chi connectivity index (χ4v) is 4.11. The molecule has 1 unspecified atom stereocenters. The summed E-state index contributed by atoms with van der Waals surface area (Å²) >= 11 is 0. The Morgan fingerprint density at radius 3 is 2.88 bits per heavy atom. The average molecular weight is 324 g/mol. The summed E-state index contributed by atoms with van der Waals surface area (Å²) in [5.41, 5.74) is 10.7. The molecule has 0 bridgehead atoms. The summed E-state index contributed by atoms with van der Waals surface area (Å²) in [4.78, 5) is 15.5. The number of aryl methyl sites for hydroxylation is 1. The first-order valence-corrected chi connectivity index (χ1v) is 8.95. The van der Waals surface area contributed by atoms with E-state index in [9.17, 15) is 4.79 Å². The summed E-state index contributed by atoms with van der Waals surface area (Å²) in [7, 11) is 0. The molecule has 0 fully saturated rings. The third-order valence-corrected chi connectivity index (χ3v) is 5.43. The maximum Gasteiger partial charge on any atom is 0.256 e. The molecule has 0 amide bonds. The van der Waals surface area contributed by atoms with Crippen LogP contribution in [0.15, 0.2) is 24.3 Å². The fraction of sp³-hybridized carbons (Fsp3) is 0.474. The Bertz CT molecular complexity index is 780. The van der Waals surface area contributed by atoms with Gasteiger partial charge in [0, 0.05) is 24.3 Å². The average Bonchev–Trinajstić information content (AvgIpc) is 2.97. The maximum absolute atomic E-state index is 13.2. The van der Waals surface area contributed by atoms with Gasteiger partial charge in [0.25, 0.3) is 5.91 Å². The minimum atomic E-state index is -0.160. The highest BCUT2D eigenvalue weighted by molar-refractivity contribution is 5.90. The normalized spacial score (nSPS) is 19.7. The first-order chi connectivity index (χ1) is 11.7. The number of carbonyl (C=O) groups is 1. The van der Waals surface area contributed by atoms with Gasteiger partial charge in [0.1, 0.15) is 5.82 Å². The fourth-order valence-electron chi connectivity index (χ4n) is 4.11. The van der Waals surface area contributed by atoms with Crippen LogP contribution in [0.2, 0.25) is 0 Å². The molecule has 126 valence electrons. The van der Waals surface area contributed by atoms with Crippen LogP contribution in [-0.4, -0.2) is 28.8 Å². The van der Waals surface area contributed by atoms with Crippen molar-refractivity contribution in [3.63, 3.8) is 0 Å². The first-order valence-electron chi connectivity index (χ1n) is 8.95. The van der Waals surface area contributed by atoms with Crippen molar-refractivity contribution in [1.29, 1.82) is 0 Å². The Morgan fingerprint density at radius 2 is 2.08 bits per heavy atom. The Balaban J connectivity index is 1.72. The van der Waals surface area contributed by atoms with Gasteiger partial charge in [-0.3, -0.25) is 4.79 Å². The van der Waals surface area contributed by atoms with Gasteiger partial charge >= 0.3 is 0 Å². The lowest BCUT2D eigenvalue weighted by molar-refractivity contribution is 0.0857. The number of nitrogens with zero attached hydrogens (tertiary/aromatic N) is 3. The molecule has 1 aliphatic carbocycles. The monoisotopic (exact) mass is 324 g/mol. The molecule has 1 aromatic carbocycles. The van der Waals surface area contributed by atoms with Gasteiger partial charge < -0.3 is 10.6 Å². The highest BCUT2D eigenvalue weighted by Gasteiger charge is 2.32. The van der Waals surface area contributed by atoms with Gasteiger partial charge in [-0.1, -0.05) is 18.2 Å². The lowest BCUT2D eigenvalue weighted by Crippen LogP contribution is -2.35. The van der Waals surface area contributed by atoms with Crippen LogP contribution in [0.3, 0.4) is 0 Å². The minimum absolute atomic E-state index is 0.0186. The number of aromatic nitrogens is 2. The van der Waals surface area contributed by atoms with Gasteiger partial charge in [-0.15, -0.1) is 0 Å². The molecular formula is C19H24N4O. The summed E-state index contributed by atoms with van der Waals surface area (Å²) in [6, 6.07) is 8.22. The van der Waals surface area contributed by atoms with Gasteiger partial charge in [-0.05, 0) is 50.7 Å². The Labute approximate surface area is 142 Å². The molecule has 0 spiro atoms. The second-order valence-electron chi connectivity index (χ2n) is 6.75. The van der Waals surface area contributed by atoms with E-state index < -0.39 is 0 Å². The largest absolute Gasteiger partial charge is 0.383 e. The molecule has 0 saturated heterocycles. The summed E-state index contributed by atoms with van der Waals surface area (Å²) in [5, 5.41) is 4.57. The molecule has 2 N–H and O–H groups in total. The number of carbonyl (C=O) groups excluding carboxylic acids is 1. The lowest BCUT2D eigenvalue weighted by atomic mass is 9.89. The molecular weight excluding hydrogens is 300 g/mol. The van der Waals surface area contributed by atoms with E-state index in [-0.39, 0.29) is 11.8 Å². The van der Waals surface area contributed by atoms with Gasteiger partial charge in [0.15, 0.2) is 0 Å². The molecule has 0 saturated carbocycles. The van der Waals surface area contributed by atoms with Crippen LogP contribution in [-0.2, 0) is 12.8 Å². The zero-order valence-electron chi connectivity index (χ0n) is 14.2. The number of rotatable bonds is 2. The van der Waals surface area contributed by atoms with Gasteiger partial charge in [-0.2, -0.15) is 9.78 Å². The summed E-state index contributed by atoms with van der Waals surface area (Å²) in [6.07, 6.45) is 4.96. The molecule has 1 aromatic heterocycles. The molecule has 24 heavy (non-hydrogen) atoms. The van der Waals surface area contributed by atoms with Gasteiger partial charge in [0.2, 0.25) is 0 Å². The van der Waals surface area contributed by atoms with Crippen LogP contribution < -0.4 is 10.6 Å². The molecule has 5 nitrogen and oxygen atoms in total. The van der Waals surface area contributed by atoms with Crippen molar-refractivity contribution < 1.29 is 4.79 Å². The second-order valence-corrected chi connectivity index (χ2v) is 6.75. The topological polar surface area (TPSA) is 64.2 Å². The number of anilines is 2. The van der Waals surface area contributed by atoms with Crippen molar-refractivity contribution in [2.75, 3.05) is 23.7 Å². The molecule has 2 aromatic rings. The quantitative estimate of drug-likeness (QED) is 0.922. The van der Waals surface area contributed by atoms with E-state index in [0.717, 1.165) is 62.0 Å². The highest BCUT2D eigenvalue weighted by atomic mass is 16.2. The molecule has 2 aliphatic rings. The van der Waals surface area contributed by atoms with Crippen LogP contribution >= 0.6 is 0 Å². The number of benzene rings is 1. The molecule has 2 heterocycles. The third-order valence-electron chi connectivity index (χ3n) is 5.43. The molecule has 0 radical (unpaired) electrons. The van der Waals surface area contributed by atoms with Crippen LogP contribution in [0.4, 0.5) is 11.5 Å². The van der Waals surface area contributed by atoms with Crippen LogP contribution in [0.5, 0.6) is 0 Å². The number of nitrogens with two attached hydrogens (primary N) is 1. The predicted octanol–water partition coefficient (Wildman–Crippen LogP) is 3.00. The third kappa shape index (κ3) is 2.30. The number of fused-ring (bicyclic) bond motifs is 2. The highest BCUT2D eigenvalue weighted by Crippen LogP contribution is 2.37. The lowest BCUT2D eigenvalue weighted by Gasteiger charge is -2.34. The van der Waals surface area contributed by atoms with E-state index in [1.807, 2.05) is 12.1 Å². The van der Waals surface area contributed by atoms with E-state index in [1.54, 1.807) is 0 Å². The first kappa shape index (κ1) is 15.2. The zero-order valence-corrected chi connectivity index (χ0v) is 14.2. The Hall–Kier alpha value is -2.30. The summed E-state index contributed by atoms with van der Waals surface area (Å²) < 4.78 is 1.49. The van der Waals surface area contributed by atoms with Gasteiger partial charge in [-0.25, -0.2) is 0 Å².